The first-order valence-corrected chi connectivity index (χ1v) is 21.4. The molecule has 298 valence electrons. The molecule has 56 heavy (non-hydrogen) atoms. The molecule has 3 amide bonds. The van der Waals surface area contributed by atoms with Crippen LogP contribution in [0.15, 0.2) is 59.8 Å². The van der Waals surface area contributed by atoms with E-state index in [0.717, 1.165) is 67.8 Å². The molecule has 0 unspecified atom stereocenters. The third kappa shape index (κ3) is 7.88. The molecule has 4 aromatic rings. The molecule has 6 heterocycles. The molecule has 8 rings (SSSR count). The quantitative estimate of drug-likeness (QED) is 0.245. The van der Waals surface area contributed by atoms with Crippen LogP contribution in [-0.2, 0) is 21.9 Å². The van der Waals surface area contributed by atoms with Crippen molar-refractivity contribution in [2.24, 2.45) is 13.0 Å². The van der Waals surface area contributed by atoms with Gasteiger partial charge in [0.25, 0.3) is 0 Å². The third-order valence-electron chi connectivity index (χ3n) is 11.8. The first kappa shape index (κ1) is 38.4. The predicted molar refractivity (Wildman–Crippen MR) is 218 cm³/mol. The zero-order valence-corrected chi connectivity index (χ0v) is 33.7. The average molecular weight is 804 g/mol. The van der Waals surface area contributed by atoms with E-state index in [-0.39, 0.29) is 18.4 Å². The van der Waals surface area contributed by atoms with Gasteiger partial charge in [-0.05, 0) is 81.8 Å². The number of fused-ring (bicyclic) bond motifs is 1. The highest BCUT2D eigenvalue weighted by atomic mass is 35.5. The maximum Gasteiger partial charge on any atom is 0.329 e. The van der Waals surface area contributed by atoms with Crippen molar-refractivity contribution in [2.75, 3.05) is 72.4 Å². The molecule has 2 aromatic heterocycles. The second kappa shape index (κ2) is 15.8. The van der Waals surface area contributed by atoms with E-state index in [4.69, 9.17) is 11.6 Å². The number of benzene rings is 2. The van der Waals surface area contributed by atoms with Crippen molar-refractivity contribution in [1.29, 1.82) is 0 Å². The van der Waals surface area contributed by atoms with Crippen molar-refractivity contribution in [1.82, 2.24) is 34.3 Å². The van der Waals surface area contributed by atoms with Crippen LogP contribution in [-0.4, -0.2) is 120 Å². The van der Waals surface area contributed by atoms with Crippen molar-refractivity contribution in [3.05, 3.63) is 59.9 Å². The van der Waals surface area contributed by atoms with Crippen LogP contribution in [0.1, 0.15) is 46.0 Å². The zero-order valence-electron chi connectivity index (χ0n) is 32.1. The Morgan fingerprint density at radius 3 is 2.30 bits per heavy atom. The Labute approximate surface area is 333 Å². The van der Waals surface area contributed by atoms with Gasteiger partial charge in [0.05, 0.1) is 27.8 Å². The Morgan fingerprint density at radius 2 is 1.61 bits per heavy atom. The van der Waals surface area contributed by atoms with E-state index in [9.17, 15) is 18.0 Å². The highest BCUT2D eigenvalue weighted by Gasteiger charge is 2.34. The topological polar surface area (TPSA) is 152 Å². The van der Waals surface area contributed by atoms with E-state index in [1.54, 1.807) is 27.7 Å². The van der Waals surface area contributed by atoms with Crippen LogP contribution in [0.4, 0.5) is 27.9 Å². The Kier molecular flexibility index (Phi) is 10.8. The number of urea groups is 1. The van der Waals surface area contributed by atoms with Gasteiger partial charge in [-0.15, -0.1) is 0 Å². The standard InChI is InChI=1S/C39H50ClN11O4S/c1-26-23-47(24-27(2)51(26)32-7-8-34-35(20-32)46(3)45-37(34)50-18-13-36(52)44-39(50)53)25-28-9-14-48(15-10-28)31-5-4-6-33(19-31)56(54,55)49-16-11-30(12-17-49)43-38-41-21-29(40)22-42-38/h4-8,19-22,26-28,30H,9-18,23-25H2,1-3H3,(H,41,42,43)(H,44,52,53)/t26-,27+. The van der Waals surface area contributed by atoms with Crippen LogP contribution in [0.25, 0.3) is 10.9 Å². The second-order valence-electron chi connectivity index (χ2n) is 15.7. The van der Waals surface area contributed by atoms with Crippen molar-refractivity contribution in [3.63, 3.8) is 0 Å². The van der Waals surface area contributed by atoms with Gasteiger partial charge in [0, 0.05) is 101 Å². The molecule has 2 aromatic carbocycles. The molecule has 4 fully saturated rings. The first-order valence-electron chi connectivity index (χ1n) is 19.6. The lowest BCUT2D eigenvalue weighted by Crippen LogP contribution is -2.58. The molecule has 4 aliphatic heterocycles. The lowest BCUT2D eigenvalue weighted by atomic mass is 9.94. The van der Waals surface area contributed by atoms with Crippen LogP contribution in [0, 0.1) is 5.92 Å². The number of carbonyl (C=O) groups excluding carboxylic acids is 2. The maximum atomic E-state index is 13.7. The Bertz CT molecular complexity index is 2170. The number of carbonyl (C=O) groups is 2. The van der Waals surface area contributed by atoms with Gasteiger partial charge in [0.2, 0.25) is 21.9 Å². The van der Waals surface area contributed by atoms with Gasteiger partial charge in [0.15, 0.2) is 5.82 Å². The van der Waals surface area contributed by atoms with Gasteiger partial charge in [-0.25, -0.2) is 23.2 Å². The molecule has 17 heteroatoms. The summed E-state index contributed by atoms with van der Waals surface area (Å²) >= 11 is 5.90. The van der Waals surface area contributed by atoms with Crippen LogP contribution in [0.3, 0.4) is 0 Å². The fourth-order valence-corrected chi connectivity index (χ4v) is 10.6. The number of nitrogens with zero attached hydrogens (tertiary/aromatic N) is 9. The van der Waals surface area contributed by atoms with E-state index in [1.165, 1.54) is 0 Å². The Morgan fingerprint density at radius 1 is 0.893 bits per heavy atom. The SMILES string of the molecule is C[C@@H]1CN(CC2CCN(c3cccc(S(=O)(=O)N4CCC(Nc5ncc(Cl)cn5)CC4)c3)CC2)C[C@H](C)N1c1ccc2c(N3CCC(=O)NC3=O)nn(C)c2c1. The van der Waals surface area contributed by atoms with Crippen LogP contribution in [0.2, 0.25) is 5.02 Å². The van der Waals surface area contributed by atoms with Crippen molar-refractivity contribution in [3.8, 4) is 0 Å². The highest BCUT2D eigenvalue weighted by Crippen LogP contribution is 2.34. The Hall–Kier alpha value is -4.51. The minimum atomic E-state index is -3.62. The summed E-state index contributed by atoms with van der Waals surface area (Å²) in [6.45, 7) is 10.5. The summed E-state index contributed by atoms with van der Waals surface area (Å²) in [6, 6.07) is 14.0. The van der Waals surface area contributed by atoms with Crippen molar-refractivity contribution < 1.29 is 18.0 Å². The van der Waals surface area contributed by atoms with Gasteiger partial charge >= 0.3 is 6.03 Å². The number of piperazine rings is 1. The van der Waals surface area contributed by atoms with E-state index in [2.05, 4.69) is 66.4 Å². The largest absolute Gasteiger partial charge is 0.371 e. The molecule has 0 radical (unpaired) electrons. The third-order valence-corrected chi connectivity index (χ3v) is 13.9. The van der Waals surface area contributed by atoms with Crippen LogP contribution in [0.5, 0.6) is 0 Å². The number of amides is 3. The van der Waals surface area contributed by atoms with E-state index >= 15 is 0 Å². The molecular formula is C39H50ClN11O4S. The molecule has 2 atom stereocenters. The van der Waals surface area contributed by atoms with Gasteiger partial charge in [-0.3, -0.25) is 24.6 Å². The predicted octanol–water partition coefficient (Wildman–Crippen LogP) is 4.54. The number of aryl methyl sites for hydroxylation is 1. The number of aromatic nitrogens is 4. The number of hydrogen-bond acceptors (Lipinski definition) is 11. The summed E-state index contributed by atoms with van der Waals surface area (Å²) in [5.41, 5.74) is 3.04. The molecule has 2 N–H and O–H groups in total. The van der Waals surface area contributed by atoms with E-state index in [0.29, 0.717) is 72.2 Å². The summed E-state index contributed by atoms with van der Waals surface area (Å²) in [5, 5.41) is 11.7. The summed E-state index contributed by atoms with van der Waals surface area (Å²) in [5.74, 6) is 1.38. The lowest BCUT2D eigenvalue weighted by molar-refractivity contribution is -0.120. The van der Waals surface area contributed by atoms with E-state index in [1.807, 2.05) is 36.0 Å². The van der Waals surface area contributed by atoms with Crippen molar-refractivity contribution >= 4 is 67.6 Å². The van der Waals surface area contributed by atoms with Gasteiger partial charge in [-0.1, -0.05) is 17.7 Å². The van der Waals surface area contributed by atoms with Crippen molar-refractivity contribution in [2.45, 2.75) is 69.0 Å². The number of piperidine rings is 2. The monoisotopic (exact) mass is 803 g/mol. The Balaban J connectivity index is 0.839. The first-order chi connectivity index (χ1) is 26.9. The van der Waals surface area contributed by atoms with Gasteiger partial charge in [0.1, 0.15) is 0 Å². The molecule has 4 aliphatic rings. The normalized spacial score (nSPS) is 22.5. The fraction of sp³-hybridized carbons (Fsp3) is 0.513. The number of imide groups is 1. The van der Waals surface area contributed by atoms with Crippen LogP contribution >= 0.6 is 11.6 Å². The molecular weight excluding hydrogens is 754 g/mol. The molecule has 0 bridgehead atoms. The highest BCUT2D eigenvalue weighted by molar-refractivity contribution is 7.89. The molecule has 0 aliphatic carbocycles. The summed E-state index contributed by atoms with van der Waals surface area (Å²) in [4.78, 5) is 42.0. The number of hydrogen-bond donors (Lipinski definition) is 2. The van der Waals surface area contributed by atoms with Gasteiger partial charge < -0.3 is 15.1 Å². The van der Waals surface area contributed by atoms with Gasteiger partial charge in [-0.2, -0.15) is 9.40 Å². The lowest BCUT2D eigenvalue weighted by Gasteiger charge is -2.47. The number of nitrogens with one attached hydrogen (secondary N) is 2. The zero-order chi connectivity index (χ0) is 39.1. The smallest absolute Gasteiger partial charge is 0.329 e. The molecule has 15 nitrogen and oxygen atoms in total. The number of anilines is 4. The molecule has 0 spiro atoms. The minimum Gasteiger partial charge on any atom is -0.371 e. The number of rotatable bonds is 9. The summed E-state index contributed by atoms with van der Waals surface area (Å²) < 4.78 is 30.9. The summed E-state index contributed by atoms with van der Waals surface area (Å²) in [6.07, 6.45) is 6.79. The molecule has 0 saturated carbocycles. The second-order valence-corrected chi connectivity index (χ2v) is 18.1. The average Bonchev–Trinajstić information content (AvgIpc) is 3.51. The number of halogens is 1. The summed E-state index contributed by atoms with van der Waals surface area (Å²) in [7, 11) is -1.73. The molecule has 4 saturated heterocycles. The van der Waals surface area contributed by atoms with E-state index < -0.39 is 16.1 Å². The fourth-order valence-electron chi connectivity index (χ4n) is 8.98. The van der Waals surface area contributed by atoms with Crippen LogP contribution < -0.4 is 25.3 Å². The maximum absolute atomic E-state index is 13.7. The minimum absolute atomic E-state index is 0.0928. The number of sulfonamides is 1.